The van der Waals surface area contributed by atoms with Gasteiger partial charge in [0.2, 0.25) is 0 Å². The van der Waals surface area contributed by atoms with E-state index in [2.05, 4.69) is 9.59 Å². The van der Waals surface area contributed by atoms with Crippen molar-refractivity contribution in [2.75, 3.05) is 13.2 Å². The average Bonchev–Trinajstić information content (AvgIpc) is 3.07. The molecule has 116 valence electrons. The lowest BCUT2D eigenvalue weighted by atomic mass is 10.2. The summed E-state index contributed by atoms with van der Waals surface area (Å²) >= 11 is 1.14. The Balaban J connectivity index is 1.52. The van der Waals surface area contributed by atoms with Crippen molar-refractivity contribution in [2.24, 2.45) is 0 Å². The molecule has 23 heavy (non-hydrogen) atoms. The van der Waals surface area contributed by atoms with Crippen LogP contribution in [0.3, 0.4) is 0 Å². The van der Waals surface area contributed by atoms with Crippen LogP contribution in [0.4, 0.5) is 0 Å². The molecule has 0 aliphatic heterocycles. The molecule has 0 atom stereocenters. The van der Waals surface area contributed by atoms with Crippen LogP contribution < -0.4 is 0 Å². The monoisotopic (exact) mass is 328 g/mol. The van der Waals surface area contributed by atoms with Crippen LogP contribution >= 0.6 is 11.5 Å². The van der Waals surface area contributed by atoms with Gasteiger partial charge in [0.05, 0.1) is 15.8 Å². The van der Waals surface area contributed by atoms with Crippen LogP contribution in [0.1, 0.15) is 20.7 Å². The number of hydrogen-bond acceptors (Lipinski definition) is 7. The number of hydrogen-bond donors (Lipinski definition) is 0. The highest BCUT2D eigenvalue weighted by molar-refractivity contribution is 7.13. The SMILES string of the molecule is O=C(OCCOC(=O)c1cccc2nnsc12)c1ccccc1. The van der Waals surface area contributed by atoms with Crippen molar-refractivity contribution >= 4 is 33.7 Å². The van der Waals surface area contributed by atoms with Crippen molar-refractivity contribution in [3.8, 4) is 0 Å². The molecule has 0 amide bonds. The van der Waals surface area contributed by atoms with E-state index in [0.29, 0.717) is 21.3 Å². The van der Waals surface area contributed by atoms with Crippen LogP contribution in [0, 0.1) is 0 Å². The summed E-state index contributed by atoms with van der Waals surface area (Å²) in [6.07, 6.45) is 0. The van der Waals surface area contributed by atoms with Gasteiger partial charge >= 0.3 is 11.9 Å². The third-order valence-corrected chi connectivity index (χ3v) is 3.83. The molecule has 0 N–H and O–H groups in total. The summed E-state index contributed by atoms with van der Waals surface area (Å²) in [6.45, 7) is -0.0174. The van der Waals surface area contributed by atoms with Gasteiger partial charge in [-0.05, 0) is 35.8 Å². The Hall–Kier alpha value is -2.80. The normalized spacial score (nSPS) is 10.4. The van der Waals surface area contributed by atoms with Crippen LogP contribution in [0.5, 0.6) is 0 Å². The summed E-state index contributed by atoms with van der Waals surface area (Å²) in [5.41, 5.74) is 1.52. The minimum atomic E-state index is -0.489. The van der Waals surface area contributed by atoms with E-state index in [9.17, 15) is 9.59 Å². The third-order valence-electron chi connectivity index (χ3n) is 3.05. The number of carbonyl (C=O) groups is 2. The molecule has 1 heterocycles. The van der Waals surface area contributed by atoms with Gasteiger partial charge in [-0.1, -0.05) is 28.8 Å². The molecule has 0 saturated carbocycles. The molecule has 0 aliphatic rings. The van der Waals surface area contributed by atoms with Gasteiger partial charge in [0.25, 0.3) is 0 Å². The van der Waals surface area contributed by atoms with E-state index in [1.165, 1.54) is 0 Å². The molecule has 0 unspecified atom stereocenters. The highest BCUT2D eigenvalue weighted by atomic mass is 32.1. The van der Waals surface area contributed by atoms with Crippen molar-refractivity contribution in [3.63, 3.8) is 0 Å². The van der Waals surface area contributed by atoms with Gasteiger partial charge in [0.1, 0.15) is 18.7 Å². The Morgan fingerprint density at radius 1 is 0.913 bits per heavy atom. The summed E-state index contributed by atoms with van der Waals surface area (Å²) < 4.78 is 14.7. The molecule has 2 aromatic carbocycles. The van der Waals surface area contributed by atoms with Gasteiger partial charge < -0.3 is 9.47 Å². The molecule has 0 fully saturated rings. The lowest BCUT2D eigenvalue weighted by molar-refractivity contribution is 0.0267. The van der Waals surface area contributed by atoms with E-state index in [1.807, 2.05) is 6.07 Å². The van der Waals surface area contributed by atoms with Gasteiger partial charge in [-0.25, -0.2) is 9.59 Å². The molecule has 1 aromatic heterocycles. The minimum Gasteiger partial charge on any atom is -0.458 e. The molecule has 0 aliphatic carbocycles. The Morgan fingerprint density at radius 3 is 2.43 bits per heavy atom. The van der Waals surface area contributed by atoms with Gasteiger partial charge in [-0.15, -0.1) is 5.10 Å². The molecular formula is C16H12N2O4S. The summed E-state index contributed by atoms with van der Waals surface area (Å²) in [4.78, 5) is 23.8. The maximum absolute atomic E-state index is 12.1. The number of esters is 2. The number of nitrogens with zero attached hydrogens (tertiary/aromatic N) is 2. The van der Waals surface area contributed by atoms with E-state index >= 15 is 0 Å². The summed E-state index contributed by atoms with van der Waals surface area (Å²) in [7, 11) is 0. The first kappa shape index (κ1) is 15.1. The van der Waals surface area contributed by atoms with Crippen molar-refractivity contribution in [1.82, 2.24) is 9.59 Å². The molecule has 3 rings (SSSR count). The number of fused-ring (bicyclic) bond motifs is 1. The quantitative estimate of drug-likeness (QED) is 0.529. The smallest absolute Gasteiger partial charge is 0.339 e. The Labute approximate surface area is 135 Å². The van der Waals surface area contributed by atoms with Gasteiger partial charge in [-0.2, -0.15) is 0 Å². The molecule has 0 bridgehead atoms. The number of benzene rings is 2. The summed E-state index contributed by atoms with van der Waals surface area (Å²) in [5, 5.41) is 3.91. The maximum Gasteiger partial charge on any atom is 0.339 e. The van der Waals surface area contributed by atoms with Crippen LogP contribution in [-0.4, -0.2) is 34.7 Å². The van der Waals surface area contributed by atoms with E-state index < -0.39 is 11.9 Å². The van der Waals surface area contributed by atoms with E-state index in [4.69, 9.17) is 9.47 Å². The zero-order valence-electron chi connectivity index (χ0n) is 12.0. The Kier molecular flexibility index (Phi) is 4.58. The highest BCUT2D eigenvalue weighted by Crippen LogP contribution is 2.20. The van der Waals surface area contributed by atoms with Gasteiger partial charge in [0.15, 0.2) is 0 Å². The second kappa shape index (κ2) is 6.97. The number of carbonyl (C=O) groups excluding carboxylic acids is 2. The first-order chi connectivity index (χ1) is 11.3. The van der Waals surface area contributed by atoms with Crippen LogP contribution in [0.15, 0.2) is 48.5 Å². The Bertz CT molecular complexity index is 832. The van der Waals surface area contributed by atoms with Crippen molar-refractivity contribution in [1.29, 1.82) is 0 Å². The zero-order valence-corrected chi connectivity index (χ0v) is 12.8. The predicted octanol–water partition coefficient (Wildman–Crippen LogP) is 2.71. The molecule has 0 saturated heterocycles. The Morgan fingerprint density at radius 2 is 1.65 bits per heavy atom. The van der Waals surface area contributed by atoms with Crippen molar-refractivity contribution < 1.29 is 19.1 Å². The molecular weight excluding hydrogens is 316 g/mol. The lowest BCUT2D eigenvalue weighted by Gasteiger charge is -2.06. The summed E-state index contributed by atoms with van der Waals surface area (Å²) in [5.74, 6) is -0.937. The van der Waals surface area contributed by atoms with Gasteiger partial charge in [-0.3, -0.25) is 0 Å². The largest absolute Gasteiger partial charge is 0.458 e. The molecule has 3 aromatic rings. The van der Waals surface area contributed by atoms with E-state index in [1.54, 1.807) is 42.5 Å². The van der Waals surface area contributed by atoms with Crippen molar-refractivity contribution in [3.05, 3.63) is 59.7 Å². The second-order valence-electron chi connectivity index (χ2n) is 4.56. The topological polar surface area (TPSA) is 78.4 Å². The standard InChI is InChI=1S/C16H12N2O4S/c19-15(11-5-2-1-3-6-11)21-9-10-22-16(20)12-7-4-8-13-14(12)23-18-17-13/h1-8H,9-10H2. The van der Waals surface area contributed by atoms with Crippen LogP contribution in [-0.2, 0) is 9.47 Å². The second-order valence-corrected chi connectivity index (χ2v) is 5.32. The van der Waals surface area contributed by atoms with Crippen LogP contribution in [0.25, 0.3) is 10.2 Å². The zero-order chi connectivity index (χ0) is 16.1. The fourth-order valence-corrected chi connectivity index (χ4v) is 2.63. The fourth-order valence-electron chi connectivity index (χ4n) is 1.97. The first-order valence-corrected chi connectivity index (χ1v) is 7.63. The number of ether oxygens (including phenoxy) is 2. The lowest BCUT2D eigenvalue weighted by Crippen LogP contribution is -2.14. The average molecular weight is 328 g/mol. The predicted molar refractivity (Wildman–Crippen MR) is 84.4 cm³/mol. The molecule has 0 radical (unpaired) electrons. The van der Waals surface area contributed by atoms with Gasteiger partial charge in [0, 0.05) is 0 Å². The molecule has 7 heteroatoms. The van der Waals surface area contributed by atoms with E-state index in [0.717, 1.165) is 11.5 Å². The first-order valence-electron chi connectivity index (χ1n) is 6.86. The van der Waals surface area contributed by atoms with Crippen molar-refractivity contribution in [2.45, 2.75) is 0 Å². The molecule has 0 spiro atoms. The third kappa shape index (κ3) is 3.51. The summed E-state index contributed by atoms with van der Waals surface area (Å²) in [6, 6.07) is 13.8. The molecule has 6 nitrogen and oxygen atoms in total. The van der Waals surface area contributed by atoms with E-state index in [-0.39, 0.29) is 13.2 Å². The van der Waals surface area contributed by atoms with Crippen LogP contribution in [0.2, 0.25) is 0 Å². The number of rotatable bonds is 5. The maximum atomic E-state index is 12.1. The highest BCUT2D eigenvalue weighted by Gasteiger charge is 2.14. The number of aromatic nitrogens is 2. The minimum absolute atomic E-state index is 0.00359. The fraction of sp³-hybridized carbons (Fsp3) is 0.125.